The lowest BCUT2D eigenvalue weighted by Gasteiger charge is -2.04. The molecule has 0 amide bonds. The zero-order valence-corrected chi connectivity index (χ0v) is 8.33. The third kappa shape index (κ3) is 1.79. The quantitative estimate of drug-likeness (QED) is 0.473. The van der Waals surface area contributed by atoms with Crippen LogP contribution < -0.4 is 0 Å². The Morgan fingerprint density at radius 1 is 1.25 bits per heavy atom. The average Bonchev–Trinajstić information content (AvgIpc) is 2.00. The summed E-state index contributed by atoms with van der Waals surface area (Å²) in [6.45, 7) is 6.17. The first-order valence-electron chi connectivity index (χ1n) is 3.81. The minimum absolute atomic E-state index is 0.933. The van der Waals surface area contributed by atoms with E-state index >= 15 is 0 Å². The fourth-order valence-electron chi connectivity index (χ4n) is 1.18. The average molecular weight is 177 g/mol. The van der Waals surface area contributed by atoms with Gasteiger partial charge in [0, 0.05) is 0 Å². The number of aliphatic imine (C=N–C) groups is 1. The van der Waals surface area contributed by atoms with Crippen molar-refractivity contribution in [2.24, 2.45) is 4.99 Å². The third-order valence-corrected chi connectivity index (χ3v) is 2.04. The van der Waals surface area contributed by atoms with Crippen LogP contribution in [0.1, 0.15) is 16.7 Å². The second-order valence-electron chi connectivity index (χ2n) is 2.93. The summed E-state index contributed by atoms with van der Waals surface area (Å²) in [6, 6.07) is 4.15. The van der Waals surface area contributed by atoms with E-state index in [0.29, 0.717) is 0 Å². The number of thiocarbonyl (C=S) groups is 1. The molecule has 62 valence electrons. The van der Waals surface area contributed by atoms with Crippen LogP contribution >= 0.6 is 12.2 Å². The molecule has 0 unspecified atom stereocenters. The van der Waals surface area contributed by atoms with Crippen LogP contribution in [0.2, 0.25) is 0 Å². The molecule has 0 atom stereocenters. The Morgan fingerprint density at radius 3 is 2.50 bits per heavy atom. The predicted molar refractivity (Wildman–Crippen MR) is 55.3 cm³/mol. The lowest BCUT2D eigenvalue weighted by molar-refractivity contribution is 1.28. The summed E-state index contributed by atoms with van der Waals surface area (Å²) in [6.07, 6.45) is 0. The molecule has 2 heteroatoms. The van der Waals surface area contributed by atoms with Crippen LogP contribution in [0.3, 0.4) is 0 Å². The third-order valence-electron chi connectivity index (χ3n) is 1.95. The van der Waals surface area contributed by atoms with Crippen LogP contribution in [-0.2, 0) is 0 Å². The van der Waals surface area contributed by atoms with Gasteiger partial charge in [0.05, 0.1) is 10.8 Å². The maximum absolute atomic E-state index is 4.56. The number of rotatable bonds is 1. The highest BCUT2D eigenvalue weighted by atomic mass is 32.1. The normalized spacial score (nSPS) is 9.25. The number of isothiocyanates is 1. The Hall–Kier alpha value is -0.980. The van der Waals surface area contributed by atoms with E-state index in [4.69, 9.17) is 0 Å². The lowest BCUT2D eigenvalue weighted by Crippen LogP contribution is -1.83. The van der Waals surface area contributed by atoms with Crippen LogP contribution in [0, 0.1) is 20.8 Å². The highest BCUT2D eigenvalue weighted by Crippen LogP contribution is 2.22. The Labute approximate surface area is 78.1 Å². The molecule has 0 fully saturated rings. The maximum atomic E-state index is 4.56. The van der Waals surface area contributed by atoms with Gasteiger partial charge in [-0.1, -0.05) is 6.07 Å². The van der Waals surface area contributed by atoms with E-state index in [-0.39, 0.29) is 0 Å². The van der Waals surface area contributed by atoms with E-state index in [1.807, 2.05) is 13.0 Å². The molecule has 0 spiro atoms. The molecule has 0 saturated carbocycles. The van der Waals surface area contributed by atoms with Crippen LogP contribution in [0.5, 0.6) is 0 Å². The van der Waals surface area contributed by atoms with Gasteiger partial charge in [-0.2, -0.15) is 4.99 Å². The molecule has 0 radical (unpaired) electrons. The van der Waals surface area contributed by atoms with Crippen LogP contribution in [-0.4, -0.2) is 5.16 Å². The Balaban J connectivity index is 3.36. The monoisotopic (exact) mass is 177 g/mol. The molecule has 0 saturated heterocycles. The van der Waals surface area contributed by atoms with Gasteiger partial charge in [0.15, 0.2) is 0 Å². The second kappa shape index (κ2) is 3.61. The van der Waals surface area contributed by atoms with E-state index in [2.05, 4.69) is 42.3 Å². The minimum Gasteiger partial charge on any atom is -0.194 e. The maximum Gasteiger partial charge on any atom is 0.0773 e. The van der Waals surface area contributed by atoms with Crippen molar-refractivity contribution in [2.45, 2.75) is 20.8 Å². The molecule has 0 heterocycles. The molecule has 1 rings (SSSR count). The highest BCUT2D eigenvalue weighted by molar-refractivity contribution is 7.78. The van der Waals surface area contributed by atoms with Crippen LogP contribution in [0.25, 0.3) is 0 Å². The van der Waals surface area contributed by atoms with Crippen molar-refractivity contribution in [3.63, 3.8) is 0 Å². The van der Waals surface area contributed by atoms with Crippen molar-refractivity contribution in [1.82, 2.24) is 0 Å². The Morgan fingerprint density at radius 2 is 1.92 bits per heavy atom. The molecule has 0 aliphatic rings. The van der Waals surface area contributed by atoms with Gasteiger partial charge in [0.1, 0.15) is 0 Å². The summed E-state index contributed by atoms with van der Waals surface area (Å²) in [7, 11) is 0. The molecular weight excluding hydrogens is 166 g/mol. The summed E-state index contributed by atoms with van der Waals surface area (Å²) < 4.78 is 0. The van der Waals surface area contributed by atoms with Gasteiger partial charge in [0.25, 0.3) is 0 Å². The van der Waals surface area contributed by atoms with Crippen molar-refractivity contribution < 1.29 is 0 Å². The van der Waals surface area contributed by atoms with Gasteiger partial charge in [-0.25, -0.2) is 0 Å². The fraction of sp³-hybridized carbons (Fsp3) is 0.300. The van der Waals surface area contributed by atoms with Crippen molar-refractivity contribution >= 4 is 23.1 Å². The topological polar surface area (TPSA) is 12.4 Å². The highest BCUT2D eigenvalue weighted by Gasteiger charge is 1.99. The predicted octanol–water partition coefficient (Wildman–Crippen LogP) is 3.35. The van der Waals surface area contributed by atoms with E-state index in [9.17, 15) is 0 Å². The number of nitrogens with zero attached hydrogens (tertiary/aromatic N) is 1. The van der Waals surface area contributed by atoms with Gasteiger partial charge >= 0.3 is 0 Å². The SMILES string of the molecule is Cc1cc(C)c(C)c(N=C=S)c1. The van der Waals surface area contributed by atoms with Gasteiger partial charge in [0.2, 0.25) is 0 Å². The molecule has 12 heavy (non-hydrogen) atoms. The van der Waals surface area contributed by atoms with Gasteiger partial charge in [-0.15, -0.1) is 0 Å². The first-order valence-corrected chi connectivity index (χ1v) is 4.21. The second-order valence-corrected chi connectivity index (χ2v) is 3.11. The molecule has 0 bridgehead atoms. The first-order chi connectivity index (χ1) is 5.65. The summed E-state index contributed by atoms with van der Waals surface area (Å²) in [5, 5.41) is 2.39. The lowest BCUT2D eigenvalue weighted by atomic mass is 10.1. The summed E-state index contributed by atoms with van der Waals surface area (Å²) >= 11 is 4.56. The fourth-order valence-corrected chi connectivity index (χ4v) is 1.28. The summed E-state index contributed by atoms with van der Waals surface area (Å²) in [5.41, 5.74) is 4.57. The Kier molecular flexibility index (Phi) is 2.74. The first kappa shape index (κ1) is 9.11. The van der Waals surface area contributed by atoms with Gasteiger partial charge in [-0.3, -0.25) is 0 Å². The smallest absolute Gasteiger partial charge is 0.0773 e. The number of aryl methyl sites for hydroxylation is 2. The number of benzene rings is 1. The van der Waals surface area contributed by atoms with Crippen LogP contribution in [0.15, 0.2) is 17.1 Å². The molecule has 1 aromatic carbocycles. The van der Waals surface area contributed by atoms with Crippen molar-refractivity contribution in [1.29, 1.82) is 0 Å². The standard InChI is InChI=1S/C10H11NS/c1-7-4-8(2)9(3)10(5-7)11-6-12/h4-5H,1-3H3. The summed E-state index contributed by atoms with van der Waals surface area (Å²) in [4.78, 5) is 3.99. The largest absolute Gasteiger partial charge is 0.194 e. The van der Waals surface area contributed by atoms with Crippen molar-refractivity contribution in [2.75, 3.05) is 0 Å². The number of hydrogen-bond acceptors (Lipinski definition) is 2. The molecule has 1 nitrogen and oxygen atoms in total. The zero-order valence-electron chi connectivity index (χ0n) is 7.51. The van der Waals surface area contributed by atoms with E-state index in [1.54, 1.807) is 0 Å². The molecule has 0 N–H and O–H groups in total. The van der Waals surface area contributed by atoms with E-state index in [1.165, 1.54) is 16.7 Å². The van der Waals surface area contributed by atoms with Gasteiger partial charge < -0.3 is 0 Å². The van der Waals surface area contributed by atoms with E-state index < -0.39 is 0 Å². The van der Waals surface area contributed by atoms with Gasteiger partial charge in [-0.05, 0) is 55.7 Å². The van der Waals surface area contributed by atoms with Crippen LogP contribution in [0.4, 0.5) is 5.69 Å². The van der Waals surface area contributed by atoms with Crippen molar-refractivity contribution in [3.8, 4) is 0 Å². The molecular formula is C10H11NS. The number of hydrogen-bond donors (Lipinski definition) is 0. The van der Waals surface area contributed by atoms with Crippen molar-refractivity contribution in [3.05, 3.63) is 28.8 Å². The molecule has 1 aromatic rings. The molecule has 0 aliphatic heterocycles. The summed E-state index contributed by atoms with van der Waals surface area (Å²) in [5.74, 6) is 0. The Bertz CT molecular complexity index is 349. The van der Waals surface area contributed by atoms with E-state index in [0.717, 1.165) is 5.69 Å². The minimum atomic E-state index is 0.933. The molecule has 0 aliphatic carbocycles. The molecule has 0 aromatic heterocycles. The zero-order chi connectivity index (χ0) is 9.14.